The Morgan fingerprint density at radius 1 is 0.544 bits per heavy atom. The molecule has 2 aliphatic heterocycles. The van der Waals surface area contributed by atoms with Gasteiger partial charge >= 0.3 is 11.9 Å². The van der Waals surface area contributed by atoms with E-state index in [2.05, 4.69) is 0 Å². The van der Waals surface area contributed by atoms with Gasteiger partial charge in [-0.1, -0.05) is 48.5 Å². The summed E-state index contributed by atoms with van der Waals surface area (Å²) in [5.74, 6) is -6.94. The number of carbonyl (C=O) groups excluding carboxylic acids is 4. The predicted octanol–water partition coefficient (Wildman–Crippen LogP) is 8.61. The van der Waals surface area contributed by atoms with Crippen LogP contribution in [0.5, 0.6) is 0 Å². The number of piperidine rings is 2. The highest BCUT2D eigenvalue weighted by Crippen LogP contribution is 2.45. The van der Waals surface area contributed by atoms with Gasteiger partial charge in [0.05, 0.1) is 0 Å². The van der Waals surface area contributed by atoms with Gasteiger partial charge in [-0.05, 0) is 88.1 Å². The molecule has 2 fully saturated rings. The first-order valence-corrected chi connectivity index (χ1v) is 23.8. The molecular formula is C50H48F4N6O6S2. The van der Waals surface area contributed by atoms with E-state index >= 15 is 0 Å². The van der Waals surface area contributed by atoms with E-state index in [9.17, 15) is 36.7 Å². The quantitative estimate of drug-likeness (QED) is 0.0596. The molecule has 68 heavy (non-hydrogen) atoms. The standard InChI is InChI=1S/C50H48F4N6O6S2/c1-33-31-67-47(55-33)49(19-23-57(24-20-49)27-37-39(51)15-9-16-40(37)52)59(35-11-5-3-6-12-35)43(61)29-65-45(63)46(64)66-30-44(62)60(36-13-7-4-8-14-36)50(48-56-34(2)32-68-48)21-25-58(26-22-50)28-38-41(53)17-10-18-42(38)54/h3-18,31-32H,19-30H2,1-2H3. The third-order valence-electron chi connectivity index (χ3n) is 12.5. The summed E-state index contributed by atoms with van der Waals surface area (Å²) in [5, 5.41) is 4.96. The topological polar surface area (TPSA) is 125 Å². The second kappa shape index (κ2) is 20.9. The Bertz CT molecular complexity index is 2530. The van der Waals surface area contributed by atoms with Crippen LogP contribution < -0.4 is 9.80 Å². The van der Waals surface area contributed by atoms with Crippen LogP contribution in [0.2, 0.25) is 0 Å². The maximum Gasteiger partial charge on any atom is 0.418 e. The molecular weight excluding hydrogens is 921 g/mol. The molecule has 12 nitrogen and oxygen atoms in total. The fraction of sp³-hybridized carbons (Fsp3) is 0.320. The lowest BCUT2D eigenvalue weighted by Gasteiger charge is -2.47. The molecule has 2 aromatic heterocycles. The zero-order chi connectivity index (χ0) is 48.0. The minimum absolute atomic E-state index is 0.0135. The normalized spacial score (nSPS) is 15.9. The van der Waals surface area contributed by atoms with E-state index in [0.29, 0.717) is 73.3 Å². The number of benzene rings is 4. The van der Waals surface area contributed by atoms with Gasteiger partial charge in [0.25, 0.3) is 11.8 Å². The molecule has 0 radical (unpaired) electrons. The minimum atomic E-state index is -1.50. The molecule has 2 amide bonds. The van der Waals surface area contributed by atoms with E-state index in [0.717, 1.165) is 11.4 Å². The van der Waals surface area contributed by atoms with Crippen molar-refractivity contribution < 1.29 is 46.2 Å². The van der Waals surface area contributed by atoms with E-state index in [4.69, 9.17) is 19.4 Å². The van der Waals surface area contributed by atoms with Crippen LogP contribution in [0.15, 0.2) is 108 Å². The second-order valence-electron chi connectivity index (χ2n) is 16.9. The number of amides is 2. The predicted molar refractivity (Wildman–Crippen MR) is 249 cm³/mol. The maximum atomic E-state index is 14.7. The number of anilines is 2. The van der Waals surface area contributed by atoms with Crippen LogP contribution in [0.1, 0.15) is 58.2 Å². The number of likely N-dealkylation sites (tertiary alicyclic amines) is 2. The number of halogens is 4. The highest BCUT2D eigenvalue weighted by molar-refractivity contribution is 7.10. The maximum absolute atomic E-state index is 14.7. The average Bonchev–Trinajstić information content (AvgIpc) is 4.00. The Balaban J connectivity index is 0.977. The molecule has 354 valence electrons. The number of ether oxygens (including phenoxy) is 2. The second-order valence-corrected chi connectivity index (χ2v) is 18.6. The molecule has 0 spiro atoms. The van der Waals surface area contributed by atoms with Crippen LogP contribution in [0.4, 0.5) is 28.9 Å². The van der Waals surface area contributed by atoms with Crippen LogP contribution in [-0.2, 0) is 52.8 Å². The summed E-state index contributed by atoms with van der Waals surface area (Å²) in [6.07, 6.45) is 1.21. The van der Waals surface area contributed by atoms with E-state index < -0.39 is 71.3 Å². The summed E-state index contributed by atoms with van der Waals surface area (Å²) in [5.41, 5.74) is 0.143. The van der Waals surface area contributed by atoms with Crippen molar-refractivity contribution in [2.24, 2.45) is 0 Å². The van der Waals surface area contributed by atoms with Gasteiger partial charge in [0.15, 0.2) is 13.2 Å². The third kappa shape index (κ3) is 10.2. The van der Waals surface area contributed by atoms with Crippen molar-refractivity contribution in [2.45, 2.75) is 63.7 Å². The van der Waals surface area contributed by atoms with E-state index in [1.165, 1.54) is 68.9 Å². The SMILES string of the molecule is Cc1csc(C2(N(C(=O)COC(=O)C(=O)OCC(=O)N(c3ccccc3)C3(c4nc(C)cs4)CCN(Cc4c(F)cccc4F)CC3)c3ccccc3)CCN(Cc3c(F)cccc3F)CC2)n1. The first kappa shape index (κ1) is 48.1. The minimum Gasteiger partial charge on any atom is -0.447 e. The first-order valence-electron chi connectivity index (χ1n) is 22.0. The number of aryl methyl sites for hydroxylation is 2. The Morgan fingerprint density at radius 2 is 0.882 bits per heavy atom. The van der Waals surface area contributed by atoms with Crippen molar-refractivity contribution in [3.8, 4) is 0 Å². The van der Waals surface area contributed by atoms with Crippen molar-refractivity contribution >= 4 is 57.8 Å². The van der Waals surface area contributed by atoms with Crippen molar-refractivity contribution in [1.82, 2.24) is 19.8 Å². The number of rotatable bonds is 14. The molecule has 0 saturated carbocycles. The largest absolute Gasteiger partial charge is 0.447 e. The zero-order valence-corrected chi connectivity index (χ0v) is 39.0. The molecule has 2 aliphatic rings. The highest BCUT2D eigenvalue weighted by Gasteiger charge is 2.49. The van der Waals surface area contributed by atoms with E-state index in [1.54, 1.807) is 60.7 Å². The fourth-order valence-electron chi connectivity index (χ4n) is 9.09. The summed E-state index contributed by atoms with van der Waals surface area (Å²) in [4.78, 5) is 72.1. The van der Waals surface area contributed by atoms with Gasteiger partial charge in [0, 0.05) is 83.9 Å². The number of carbonyl (C=O) groups is 4. The van der Waals surface area contributed by atoms with Gasteiger partial charge in [-0.2, -0.15) is 0 Å². The molecule has 2 saturated heterocycles. The molecule has 0 bridgehead atoms. The van der Waals surface area contributed by atoms with E-state index in [1.807, 2.05) is 34.4 Å². The van der Waals surface area contributed by atoms with Gasteiger partial charge in [0.2, 0.25) is 0 Å². The highest BCUT2D eigenvalue weighted by atomic mass is 32.1. The van der Waals surface area contributed by atoms with Crippen molar-refractivity contribution in [1.29, 1.82) is 0 Å². The monoisotopic (exact) mass is 968 g/mol. The Kier molecular flexibility index (Phi) is 14.8. The lowest BCUT2D eigenvalue weighted by molar-refractivity contribution is -0.169. The summed E-state index contributed by atoms with van der Waals surface area (Å²) >= 11 is 2.72. The fourth-order valence-corrected chi connectivity index (χ4v) is 11.2. The van der Waals surface area contributed by atoms with Crippen LogP contribution >= 0.6 is 22.7 Å². The van der Waals surface area contributed by atoms with Gasteiger partial charge in [-0.25, -0.2) is 37.1 Å². The number of hydrogen-bond donors (Lipinski definition) is 0. The summed E-state index contributed by atoms with van der Waals surface area (Å²) in [6, 6.07) is 25.0. The first-order chi connectivity index (χ1) is 32.8. The Morgan fingerprint density at radius 3 is 1.19 bits per heavy atom. The number of esters is 2. The Hall–Kier alpha value is -6.34. The van der Waals surface area contributed by atoms with E-state index in [-0.39, 0.29) is 24.2 Å². The molecule has 18 heteroatoms. The number of nitrogens with zero attached hydrogens (tertiary/aromatic N) is 6. The summed E-state index contributed by atoms with van der Waals surface area (Å²) < 4.78 is 69.4. The molecule has 0 unspecified atom stereocenters. The number of aromatic nitrogens is 2. The van der Waals surface area contributed by atoms with Gasteiger partial charge < -0.3 is 9.47 Å². The van der Waals surface area contributed by atoms with Crippen molar-refractivity contribution in [3.05, 3.63) is 164 Å². The molecule has 0 aliphatic carbocycles. The van der Waals surface area contributed by atoms with Gasteiger partial charge in [0.1, 0.15) is 44.4 Å². The number of para-hydroxylation sites is 2. The average molecular weight is 969 g/mol. The van der Waals surface area contributed by atoms with Crippen LogP contribution in [0.3, 0.4) is 0 Å². The van der Waals surface area contributed by atoms with Crippen LogP contribution in [0.25, 0.3) is 0 Å². The zero-order valence-electron chi connectivity index (χ0n) is 37.3. The molecule has 0 atom stereocenters. The lowest BCUT2D eigenvalue weighted by atomic mass is 9.85. The molecule has 4 heterocycles. The van der Waals surface area contributed by atoms with Gasteiger partial charge in [-0.3, -0.25) is 29.2 Å². The molecule has 8 rings (SSSR count). The lowest BCUT2D eigenvalue weighted by Crippen LogP contribution is -2.57. The smallest absolute Gasteiger partial charge is 0.418 e. The molecule has 6 aromatic rings. The number of hydrogen-bond acceptors (Lipinski definition) is 12. The number of thiazole rings is 2. The van der Waals surface area contributed by atoms with Crippen LogP contribution in [-0.4, -0.2) is 82.9 Å². The van der Waals surface area contributed by atoms with Crippen molar-refractivity contribution in [3.63, 3.8) is 0 Å². The third-order valence-corrected chi connectivity index (χ3v) is 14.8. The van der Waals surface area contributed by atoms with Gasteiger partial charge in [-0.15, -0.1) is 22.7 Å². The Labute approximate surface area is 398 Å². The summed E-state index contributed by atoms with van der Waals surface area (Å²) in [7, 11) is 0. The van der Waals surface area contributed by atoms with Crippen LogP contribution in [0, 0.1) is 37.1 Å². The molecule has 0 N–H and O–H groups in total. The van der Waals surface area contributed by atoms with Crippen molar-refractivity contribution in [2.75, 3.05) is 49.2 Å². The summed E-state index contributed by atoms with van der Waals surface area (Å²) in [6.45, 7) is 3.27. The molecule has 4 aromatic carbocycles.